The van der Waals surface area contributed by atoms with Crippen LogP contribution in [0.15, 0.2) is 97.1 Å². The zero-order chi connectivity index (χ0) is 30.1. The Labute approximate surface area is 259 Å². The minimum atomic E-state index is -0.130. The molecule has 1 heterocycles. The summed E-state index contributed by atoms with van der Waals surface area (Å²) in [6.45, 7) is 8.53. The van der Waals surface area contributed by atoms with E-state index in [1.54, 1.807) is 0 Å². The molecule has 2 nitrogen and oxygen atoms in total. The van der Waals surface area contributed by atoms with E-state index in [1.165, 1.54) is 83.7 Å². The lowest BCUT2D eigenvalue weighted by Crippen LogP contribution is -2.29. The lowest BCUT2D eigenvalue weighted by atomic mass is 9.66. The van der Waals surface area contributed by atoms with Gasteiger partial charge in [-0.2, -0.15) is 0 Å². The van der Waals surface area contributed by atoms with Crippen LogP contribution in [0.3, 0.4) is 0 Å². The van der Waals surface area contributed by atoms with Crippen molar-refractivity contribution in [3.8, 4) is 0 Å². The Morgan fingerprint density at radius 3 is 1.72 bits per heavy atom. The topological polar surface area (TPSA) is 25.8 Å². The molecule has 0 spiro atoms. The number of nitrogens with zero attached hydrogens (tertiary/aromatic N) is 2. The van der Waals surface area contributed by atoms with Gasteiger partial charge in [-0.05, 0) is 86.4 Å². The predicted octanol–water partition coefficient (Wildman–Crippen LogP) is 10.8. The van der Waals surface area contributed by atoms with Gasteiger partial charge in [-0.1, -0.05) is 136 Å². The molecule has 0 bridgehead atoms. The number of unbranched alkanes of at least 4 members (excludes halogenated alkanes) is 6. The van der Waals surface area contributed by atoms with Gasteiger partial charge in [-0.15, -0.1) is 0 Å². The van der Waals surface area contributed by atoms with E-state index in [4.69, 9.17) is 4.98 Å². The molecule has 0 fully saturated rings. The van der Waals surface area contributed by atoms with E-state index >= 15 is 0 Å². The van der Waals surface area contributed by atoms with Crippen molar-refractivity contribution in [3.05, 3.63) is 142 Å². The largest absolute Gasteiger partial charge is 0.238 e. The summed E-state index contributed by atoms with van der Waals surface area (Å²) in [7, 11) is 0. The molecule has 5 aromatic rings. The normalized spacial score (nSPS) is 11.7. The fourth-order valence-electron chi connectivity index (χ4n) is 6.93. The minimum Gasteiger partial charge on any atom is -0.238 e. The quantitative estimate of drug-likeness (QED) is 0.0983. The van der Waals surface area contributed by atoms with Crippen LogP contribution in [0.5, 0.6) is 0 Å². The molecule has 0 N–H and O–H groups in total. The summed E-state index contributed by atoms with van der Waals surface area (Å²) < 4.78 is 0. The first-order chi connectivity index (χ1) is 21.0. The predicted molar refractivity (Wildman–Crippen MR) is 183 cm³/mol. The smallest absolute Gasteiger partial charge is 0.126 e. The van der Waals surface area contributed by atoms with Crippen molar-refractivity contribution in [2.45, 2.75) is 97.3 Å². The maximum Gasteiger partial charge on any atom is 0.126 e. The molecule has 43 heavy (non-hydrogen) atoms. The summed E-state index contributed by atoms with van der Waals surface area (Å²) in [6.07, 6.45) is 12.3. The molecular formula is C41H48N2. The van der Waals surface area contributed by atoms with Crippen molar-refractivity contribution in [2.75, 3.05) is 0 Å². The Bertz CT molecular complexity index is 1550. The summed E-state index contributed by atoms with van der Waals surface area (Å²) in [5, 5.41) is 1.21. The number of aryl methyl sites for hydroxylation is 5. The van der Waals surface area contributed by atoms with Crippen LogP contribution >= 0.6 is 0 Å². The van der Waals surface area contributed by atoms with E-state index in [1.807, 2.05) is 6.92 Å². The summed E-state index contributed by atoms with van der Waals surface area (Å²) in [5.41, 5.74) is 10.5. The first kappa shape index (κ1) is 30.7. The van der Waals surface area contributed by atoms with Crippen molar-refractivity contribution < 1.29 is 0 Å². The van der Waals surface area contributed by atoms with Crippen LogP contribution in [-0.4, -0.2) is 9.97 Å². The second kappa shape index (κ2) is 14.6. The van der Waals surface area contributed by atoms with E-state index in [9.17, 15) is 0 Å². The third kappa shape index (κ3) is 7.24. The maximum atomic E-state index is 4.73. The van der Waals surface area contributed by atoms with Gasteiger partial charge in [0.15, 0.2) is 0 Å². The van der Waals surface area contributed by atoms with E-state index in [2.05, 4.69) is 123 Å². The number of hydrogen-bond acceptors (Lipinski definition) is 2. The van der Waals surface area contributed by atoms with Crippen molar-refractivity contribution >= 4 is 10.9 Å². The lowest BCUT2D eigenvalue weighted by molar-refractivity contribution is 0.495. The van der Waals surface area contributed by atoms with Crippen LogP contribution in [0.25, 0.3) is 10.9 Å². The Kier molecular flexibility index (Phi) is 10.4. The molecule has 0 aliphatic heterocycles. The summed E-state index contributed by atoms with van der Waals surface area (Å²) in [5.74, 6) is 0.865. The second-order valence-electron chi connectivity index (χ2n) is 12.3. The molecule has 2 heteroatoms. The van der Waals surface area contributed by atoms with E-state index in [-0.39, 0.29) is 5.41 Å². The van der Waals surface area contributed by atoms with Crippen LogP contribution < -0.4 is 0 Å². The monoisotopic (exact) mass is 568 g/mol. The van der Waals surface area contributed by atoms with Gasteiger partial charge in [0.2, 0.25) is 0 Å². The number of benzene rings is 4. The summed E-state index contributed by atoms with van der Waals surface area (Å²) >= 11 is 0. The van der Waals surface area contributed by atoms with E-state index < -0.39 is 0 Å². The molecule has 0 aliphatic rings. The molecule has 5 rings (SSSR count). The van der Waals surface area contributed by atoms with Crippen LogP contribution in [0.2, 0.25) is 0 Å². The average Bonchev–Trinajstić information content (AvgIpc) is 3.03. The molecule has 0 atom stereocenters. The molecule has 0 saturated carbocycles. The van der Waals surface area contributed by atoms with Gasteiger partial charge in [0.05, 0.1) is 5.52 Å². The zero-order valence-corrected chi connectivity index (χ0v) is 26.7. The first-order valence-electron chi connectivity index (χ1n) is 16.5. The minimum absolute atomic E-state index is 0.130. The standard InChI is InChI=1S/C41H48N2/c1-5-34-29-39-32(3)42-33(4)43-40(39)30-35(34)19-13-9-7-6-8-10-18-28-41(36-20-14-11-15-21-36,37-22-16-12-17-23-37)38-26-24-31(2)25-27-38/h11-12,14-17,20-27,29-30H,5-10,13,18-19,28H2,1-4H3. The molecular weight excluding hydrogens is 520 g/mol. The van der Waals surface area contributed by atoms with Crippen molar-refractivity contribution in [1.82, 2.24) is 9.97 Å². The maximum absolute atomic E-state index is 4.73. The SMILES string of the molecule is CCc1cc2c(C)nc(C)nc2cc1CCCCCCCCCC(c1ccccc1)(c1ccccc1)c1ccc(C)cc1. The second-order valence-corrected chi connectivity index (χ2v) is 12.3. The Balaban J connectivity index is 1.17. The Morgan fingerprint density at radius 2 is 1.12 bits per heavy atom. The van der Waals surface area contributed by atoms with Gasteiger partial charge < -0.3 is 0 Å². The number of aromatic nitrogens is 2. The number of fused-ring (bicyclic) bond motifs is 1. The number of rotatable bonds is 14. The van der Waals surface area contributed by atoms with Gasteiger partial charge in [-0.25, -0.2) is 9.97 Å². The van der Waals surface area contributed by atoms with Crippen molar-refractivity contribution in [2.24, 2.45) is 0 Å². The lowest BCUT2D eigenvalue weighted by Gasteiger charge is -2.36. The Morgan fingerprint density at radius 1 is 0.558 bits per heavy atom. The van der Waals surface area contributed by atoms with Crippen LogP contribution in [0.1, 0.15) is 103 Å². The Hall–Kier alpha value is -3.78. The van der Waals surface area contributed by atoms with Gasteiger partial charge in [0.1, 0.15) is 5.82 Å². The van der Waals surface area contributed by atoms with E-state index in [0.717, 1.165) is 36.3 Å². The molecule has 0 radical (unpaired) electrons. The van der Waals surface area contributed by atoms with Crippen molar-refractivity contribution in [3.63, 3.8) is 0 Å². The third-order valence-electron chi connectivity index (χ3n) is 9.28. The molecule has 0 aliphatic carbocycles. The van der Waals surface area contributed by atoms with E-state index in [0.29, 0.717) is 0 Å². The van der Waals surface area contributed by atoms with Crippen LogP contribution in [0.4, 0.5) is 0 Å². The summed E-state index contributed by atoms with van der Waals surface area (Å²) in [6, 6.07) is 36.2. The van der Waals surface area contributed by atoms with Gasteiger partial charge >= 0.3 is 0 Å². The van der Waals surface area contributed by atoms with Crippen LogP contribution in [0, 0.1) is 20.8 Å². The highest BCUT2D eigenvalue weighted by atomic mass is 14.9. The van der Waals surface area contributed by atoms with Gasteiger partial charge in [-0.3, -0.25) is 0 Å². The molecule has 4 aromatic carbocycles. The highest BCUT2D eigenvalue weighted by Crippen LogP contribution is 2.43. The fraction of sp³-hybridized carbons (Fsp3) is 0.366. The highest BCUT2D eigenvalue weighted by molar-refractivity contribution is 5.82. The molecule has 222 valence electrons. The van der Waals surface area contributed by atoms with Gasteiger partial charge in [0.25, 0.3) is 0 Å². The zero-order valence-electron chi connectivity index (χ0n) is 26.7. The first-order valence-corrected chi connectivity index (χ1v) is 16.5. The molecule has 1 aromatic heterocycles. The van der Waals surface area contributed by atoms with Crippen molar-refractivity contribution in [1.29, 1.82) is 0 Å². The third-order valence-corrected chi connectivity index (χ3v) is 9.28. The van der Waals surface area contributed by atoms with Crippen LogP contribution in [-0.2, 0) is 18.3 Å². The average molecular weight is 569 g/mol. The molecule has 0 saturated heterocycles. The molecule has 0 amide bonds. The highest BCUT2D eigenvalue weighted by Gasteiger charge is 2.35. The molecule has 0 unspecified atom stereocenters. The fourth-order valence-corrected chi connectivity index (χ4v) is 6.93. The van der Waals surface area contributed by atoms with Gasteiger partial charge in [0, 0.05) is 16.5 Å². The summed E-state index contributed by atoms with van der Waals surface area (Å²) in [4.78, 5) is 9.30. The number of hydrogen-bond donors (Lipinski definition) is 0.